The zero-order valence-corrected chi connectivity index (χ0v) is 14.6. The van der Waals surface area contributed by atoms with E-state index in [1.807, 2.05) is 31.3 Å². The van der Waals surface area contributed by atoms with Gasteiger partial charge in [-0.2, -0.15) is 5.10 Å². The van der Waals surface area contributed by atoms with E-state index < -0.39 is 9.84 Å². The molecule has 3 rings (SSSR count). The second-order valence-electron chi connectivity index (χ2n) is 4.99. The quantitative estimate of drug-likeness (QED) is 0.809. The Morgan fingerprint density at radius 1 is 1.33 bits per heavy atom. The number of sulfone groups is 1. The largest absolute Gasteiger partial charge is 0.243 e. The second-order valence-corrected chi connectivity index (χ2v) is 9.40. The molecule has 21 heavy (non-hydrogen) atoms. The summed E-state index contributed by atoms with van der Waals surface area (Å²) in [7, 11) is -1.03. The molecule has 1 aromatic carbocycles. The molecule has 2 aromatic rings. The third kappa shape index (κ3) is 3.49. The minimum Gasteiger partial charge on any atom is -0.243 e. The smallest absolute Gasteiger partial charge is 0.186 e. The van der Waals surface area contributed by atoms with Gasteiger partial charge in [-0.25, -0.2) is 18.1 Å². The molecule has 0 spiro atoms. The minimum atomic E-state index is -2.86. The Labute approximate surface area is 136 Å². The van der Waals surface area contributed by atoms with E-state index in [1.54, 1.807) is 4.68 Å². The molecule has 0 aliphatic carbocycles. The highest BCUT2D eigenvalue weighted by Crippen LogP contribution is 2.31. The van der Waals surface area contributed by atoms with Crippen molar-refractivity contribution in [3.8, 4) is 11.4 Å². The van der Waals surface area contributed by atoms with Gasteiger partial charge in [-0.3, -0.25) is 0 Å². The van der Waals surface area contributed by atoms with Crippen molar-refractivity contribution >= 4 is 37.5 Å². The number of hydrogen-bond donors (Lipinski definition) is 0. The molecule has 112 valence electrons. The normalized spacial score (nSPS) is 20.8. The summed E-state index contributed by atoms with van der Waals surface area (Å²) in [5.41, 5.74) is 0.944. The highest BCUT2D eigenvalue weighted by atomic mass is 79.9. The highest BCUT2D eigenvalue weighted by molar-refractivity contribution is 9.10. The van der Waals surface area contributed by atoms with E-state index in [1.165, 1.54) is 11.8 Å². The van der Waals surface area contributed by atoms with Crippen molar-refractivity contribution in [3.63, 3.8) is 0 Å². The molecule has 1 fully saturated rings. The average Bonchev–Trinajstić information content (AvgIpc) is 2.94. The molecule has 0 radical (unpaired) electrons. The minimum absolute atomic E-state index is 0.0793. The fourth-order valence-corrected chi connectivity index (χ4v) is 5.91. The number of thioether (sulfide) groups is 1. The van der Waals surface area contributed by atoms with Crippen LogP contribution in [0.2, 0.25) is 0 Å². The van der Waals surface area contributed by atoms with Crippen LogP contribution in [0.5, 0.6) is 0 Å². The van der Waals surface area contributed by atoms with Gasteiger partial charge in [0.2, 0.25) is 0 Å². The van der Waals surface area contributed by atoms with E-state index in [-0.39, 0.29) is 16.8 Å². The van der Waals surface area contributed by atoms with Gasteiger partial charge in [0.05, 0.1) is 11.5 Å². The maximum absolute atomic E-state index is 11.5. The molecule has 0 saturated carbocycles. The van der Waals surface area contributed by atoms with Gasteiger partial charge in [-0.05, 0) is 18.6 Å². The molecular weight excluding hydrogens is 374 g/mol. The lowest BCUT2D eigenvalue weighted by atomic mass is 10.2. The Kier molecular flexibility index (Phi) is 4.11. The lowest BCUT2D eigenvalue weighted by molar-refractivity contribution is 0.602. The fourth-order valence-electron chi connectivity index (χ4n) is 2.20. The summed E-state index contributed by atoms with van der Waals surface area (Å²) < 4.78 is 25.8. The van der Waals surface area contributed by atoms with Crippen molar-refractivity contribution in [2.45, 2.75) is 16.8 Å². The molecule has 1 saturated heterocycles. The van der Waals surface area contributed by atoms with Crippen LogP contribution < -0.4 is 0 Å². The summed E-state index contributed by atoms with van der Waals surface area (Å²) in [4.78, 5) is 4.53. The first-order valence-electron chi connectivity index (χ1n) is 6.47. The van der Waals surface area contributed by atoms with Crippen LogP contribution in [-0.2, 0) is 16.9 Å². The summed E-state index contributed by atoms with van der Waals surface area (Å²) in [6, 6.07) is 7.80. The average molecular weight is 388 g/mol. The van der Waals surface area contributed by atoms with Crippen molar-refractivity contribution in [1.82, 2.24) is 14.8 Å². The van der Waals surface area contributed by atoms with Crippen LogP contribution in [0.4, 0.5) is 0 Å². The first-order valence-corrected chi connectivity index (χ1v) is 9.96. The predicted molar refractivity (Wildman–Crippen MR) is 87.1 cm³/mol. The molecule has 1 unspecified atom stereocenters. The number of hydrogen-bond acceptors (Lipinski definition) is 5. The van der Waals surface area contributed by atoms with Gasteiger partial charge in [0, 0.05) is 22.3 Å². The van der Waals surface area contributed by atoms with Crippen LogP contribution in [0.15, 0.2) is 33.9 Å². The van der Waals surface area contributed by atoms with Gasteiger partial charge < -0.3 is 0 Å². The molecule has 1 aliphatic rings. The van der Waals surface area contributed by atoms with Crippen LogP contribution in [0.1, 0.15) is 6.42 Å². The SMILES string of the molecule is Cn1nc(-c2ccc(Br)cc2)nc1SC1CCS(=O)(=O)C1. The zero-order chi connectivity index (χ0) is 15.0. The van der Waals surface area contributed by atoms with Crippen molar-refractivity contribution in [1.29, 1.82) is 0 Å². The van der Waals surface area contributed by atoms with E-state index in [2.05, 4.69) is 26.0 Å². The lowest BCUT2D eigenvalue weighted by Crippen LogP contribution is -2.07. The van der Waals surface area contributed by atoms with Crippen LogP contribution in [0.3, 0.4) is 0 Å². The van der Waals surface area contributed by atoms with Gasteiger partial charge in [-0.15, -0.1) is 0 Å². The summed E-state index contributed by atoms with van der Waals surface area (Å²) in [5, 5.41) is 5.25. The predicted octanol–water partition coefficient (Wildman–Crippen LogP) is 2.52. The summed E-state index contributed by atoms with van der Waals surface area (Å²) in [6.45, 7) is 0. The van der Waals surface area contributed by atoms with Gasteiger partial charge in [0.1, 0.15) is 0 Å². The Morgan fingerprint density at radius 2 is 2.05 bits per heavy atom. The van der Waals surface area contributed by atoms with Gasteiger partial charge in [0.15, 0.2) is 20.8 Å². The van der Waals surface area contributed by atoms with E-state index in [0.717, 1.165) is 15.2 Å². The number of nitrogens with zero attached hydrogens (tertiary/aromatic N) is 3. The Morgan fingerprint density at radius 3 is 2.67 bits per heavy atom. The molecule has 0 N–H and O–H groups in total. The highest BCUT2D eigenvalue weighted by Gasteiger charge is 2.29. The third-order valence-electron chi connectivity index (χ3n) is 3.29. The van der Waals surface area contributed by atoms with Gasteiger partial charge >= 0.3 is 0 Å². The lowest BCUT2D eigenvalue weighted by Gasteiger charge is -2.04. The van der Waals surface area contributed by atoms with Crippen LogP contribution >= 0.6 is 27.7 Å². The van der Waals surface area contributed by atoms with Crippen LogP contribution in [0.25, 0.3) is 11.4 Å². The van der Waals surface area contributed by atoms with Gasteiger partial charge in [-0.1, -0.05) is 39.8 Å². The molecular formula is C13H14BrN3O2S2. The van der Waals surface area contributed by atoms with E-state index in [9.17, 15) is 8.42 Å². The zero-order valence-electron chi connectivity index (χ0n) is 11.4. The Hall–Kier alpha value is -0.860. The molecule has 5 nitrogen and oxygen atoms in total. The monoisotopic (exact) mass is 387 g/mol. The molecule has 1 aromatic heterocycles. The van der Waals surface area contributed by atoms with Crippen molar-refractivity contribution in [3.05, 3.63) is 28.7 Å². The molecule has 8 heteroatoms. The number of rotatable bonds is 3. The number of aryl methyl sites for hydroxylation is 1. The summed E-state index contributed by atoms with van der Waals surface area (Å²) in [5.74, 6) is 1.17. The molecule has 1 aliphatic heterocycles. The second kappa shape index (κ2) is 5.73. The standard InChI is InChI=1S/C13H14BrN3O2S2/c1-17-13(20-11-6-7-21(18,19)8-11)15-12(16-17)9-2-4-10(14)5-3-9/h2-5,11H,6-8H2,1H3. The maximum atomic E-state index is 11.5. The molecule has 1 atom stereocenters. The van der Waals surface area contributed by atoms with Crippen molar-refractivity contribution < 1.29 is 8.42 Å². The third-order valence-corrected chi connectivity index (χ3v) is 7.10. The van der Waals surface area contributed by atoms with Crippen LogP contribution in [-0.4, -0.2) is 39.9 Å². The van der Waals surface area contributed by atoms with Crippen molar-refractivity contribution in [2.75, 3.05) is 11.5 Å². The van der Waals surface area contributed by atoms with Crippen LogP contribution in [0, 0.1) is 0 Å². The first-order chi connectivity index (χ1) is 9.93. The number of aromatic nitrogens is 3. The Bertz CT molecular complexity index is 756. The topological polar surface area (TPSA) is 64.8 Å². The summed E-state index contributed by atoms with van der Waals surface area (Å²) in [6.07, 6.45) is 0.688. The first kappa shape index (κ1) is 15.1. The Balaban J connectivity index is 1.80. The van der Waals surface area contributed by atoms with Crippen molar-refractivity contribution in [2.24, 2.45) is 7.05 Å². The molecule has 2 heterocycles. The number of halogens is 1. The van der Waals surface area contributed by atoms with E-state index in [0.29, 0.717) is 12.2 Å². The summed E-state index contributed by atoms with van der Waals surface area (Å²) >= 11 is 4.90. The maximum Gasteiger partial charge on any atom is 0.186 e. The number of benzene rings is 1. The van der Waals surface area contributed by atoms with Gasteiger partial charge in [0.25, 0.3) is 0 Å². The molecule has 0 amide bonds. The van der Waals surface area contributed by atoms with E-state index >= 15 is 0 Å². The molecule has 0 bridgehead atoms. The van der Waals surface area contributed by atoms with E-state index in [4.69, 9.17) is 0 Å². The fraction of sp³-hybridized carbons (Fsp3) is 0.385.